The highest BCUT2D eigenvalue weighted by atomic mass is 19.4. The van der Waals surface area contributed by atoms with Crippen molar-refractivity contribution in [3.63, 3.8) is 0 Å². The van der Waals surface area contributed by atoms with Crippen molar-refractivity contribution in [2.75, 3.05) is 6.61 Å². The lowest BCUT2D eigenvalue weighted by atomic mass is 10.1. The number of halogens is 3. The van der Waals surface area contributed by atoms with Gasteiger partial charge in [-0.2, -0.15) is 13.2 Å². The summed E-state index contributed by atoms with van der Waals surface area (Å²) in [5.74, 6) is 0.497. The first kappa shape index (κ1) is 11.9. The molecule has 0 spiro atoms. The molecule has 0 unspecified atom stereocenters. The van der Waals surface area contributed by atoms with E-state index < -0.39 is 12.6 Å². The minimum atomic E-state index is -4.15. The number of benzene rings is 1. The Morgan fingerprint density at radius 3 is 2.07 bits per heavy atom. The lowest BCUT2D eigenvalue weighted by molar-refractivity contribution is -0.139. The maximum atomic E-state index is 11.8. The van der Waals surface area contributed by atoms with E-state index in [2.05, 4.69) is 0 Å². The van der Waals surface area contributed by atoms with E-state index in [1.165, 1.54) is 0 Å². The summed E-state index contributed by atoms with van der Waals surface area (Å²) in [5.41, 5.74) is 1.97. The van der Waals surface area contributed by atoms with Crippen molar-refractivity contribution >= 4 is 0 Å². The minimum absolute atomic E-state index is 0.327. The van der Waals surface area contributed by atoms with E-state index in [-0.39, 0.29) is 6.61 Å². The fraction of sp³-hybridized carbons (Fsp3) is 0.455. The predicted octanol–water partition coefficient (Wildman–Crippen LogP) is 3.63. The van der Waals surface area contributed by atoms with Crippen LogP contribution in [0.1, 0.15) is 17.5 Å². The average molecular weight is 218 g/mol. The molecule has 0 saturated heterocycles. The molecule has 0 fully saturated rings. The van der Waals surface area contributed by atoms with Crippen molar-refractivity contribution in [2.24, 2.45) is 0 Å². The van der Waals surface area contributed by atoms with Crippen LogP contribution < -0.4 is 4.74 Å². The molecule has 0 aromatic heterocycles. The fourth-order valence-corrected chi connectivity index (χ4v) is 1.30. The summed E-state index contributed by atoms with van der Waals surface area (Å²) in [6.45, 7) is 3.43. The zero-order valence-corrected chi connectivity index (χ0v) is 8.69. The molecular formula is C11H13F3O. The number of ether oxygens (including phenoxy) is 1. The highest BCUT2D eigenvalue weighted by Gasteiger charge is 2.26. The third-order valence-electron chi connectivity index (χ3n) is 1.85. The van der Waals surface area contributed by atoms with Gasteiger partial charge in [-0.05, 0) is 37.1 Å². The van der Waals surface area contributed by atoms with E-state index in [1.54, 1.807) is 12.1 Å². The van der Waals surface area contributed by atoms with Crippen molar-refractivity contribution in [3.05, 3.63) is 29.3 Å². The van der Waals surface area contributed by atoms with Crippen LogP contribution in [0.25, 0.3) is 0 Å². The number of aryl methyl sites for hydroxylation is 2. The summed E-state index contributed by atoms with van der Waals surface area (Å²) in [5, 5.41) is 0. The van der Waals surface area contributed by atoms with Gasteiger partial charge in [0, 0.05) is 0 Å². The van der Waals surface area contributed by atoms with Crippen LogP contribution in [0.4, 0.5) is 13.2 Å². The molecule has 4 heteroatoms. The van der Waals surface area contributed by atoms with Gasteiger partial charge in [0.1, 0.15) is 5.75 Å². The van der Waals surface area contributed by atoms with E-state index in [9.17, 15) is 13.2 Å². The number of rotatable bonds is 3. The second-order valence-electron chi connectivity index (χ2n) is 3.54. The van der Waals surface area contributed by atoms with Gasteiger partial charge in [-0.1, -0.05) is 6.07 Å². The van der Waals surface area contributed by atoms with Gasteiger partial charge in [0.15, 0.2) is 0 Å². The van der Waals surface area contributed by atoms with Crippen molar-refractivity contribution in [2.45, 2.75) is 26.4 Å². The molecular weight excluding hydrogens is 205 g/mol. The Kier molecular flexibility index (Phi) is 3.61. The van der Waals surface area contributed by atoms with Crippen molar-refractivity contribution in [1.29, 1.82) is 0 Å². The van der Waals surface area contributed by atoms with E-state index in [4.69, 9.17) is 4.74 Å². The van der Waals surface area contributed by atoms with Gasteiger partial charge < -0.3 is 4.74 Å². The predicted molar refractivity (Wildman–Crippen MR) is 52.1 cm³/mol. The minimum Gasteiger partial charge on any atom is -0.493 e. The van der Waals surface area contributed by atoms with Crippen LogP contribution in [0.3, 0.4) is 0 Å². The van der Waals surface area contributed by atoms with E-state index in [1.807, 2.05) is 19.9 Å². The number of alkyl halides is 3. The third-order valence-corrected chi connectivity index (χ3v) is 1.85. The first-order valence-electron chi connectivity index (χ1n) is 4.65. The number of hydrogen-bond donors (Lipinski definition) is 0. The van der Waals surface area contributed by atoms with Gasteiger partial charge in [-0.25, -0.2) is 0 Å². The van der Waals surface area contributed by atoms with Gasteiger partial charge in [0.05, 0.1) is 13.0 Å². The standard InChI is InChI=1S/C11H13F3O/c1-8-5-9(2)7-10(6-8)15-4-3-11(12,13)14/h5-7H,3-4H2,1-2H3. The molecule has 1 nitrogen and oxygen atoms in total. The molecule has 0 atom stereocenters. The molecule has 0 bridgehead atoms. The third kappa shape index (κ3) is 4.72. The lowest BCUT2D eigenvalue weighted by Gasteiger charge is -2.09. The molecule has 15 heavy (non-hydrogen) atoms. The normalized spacial score (nSPS) is 11.5. The van der Waals surface area contributed by atoms with Gasteiger partial charge in [0.25, 0.3) is 0 Å². The fourth-order valence-electron chi connectivity index (χ4n) is 1.30. The van der Waals surface area contributed by atoms with Gasteiger partial charge in [-0.3, -0.25) is 0 Å². The Balaban J connectivity index is 2.51. The summed E-state index contributed by atoms with van der Waals surface area (Å²) in [6, 6.07) is 5.39. The number of hydrogen-bond acceptors (Lipinski definition) is 1. The Morgan fingerprint density at radius 1 is 1.07 bits per heavy atom. The van der Waals surface area contributed by atoms with Gasteiger partial charge in [-0.15, -0.1) is 0 Å². The van der Waals surface area contributed by atoms with Crippen LogP contribution in [0.5, 0.6) is 5.75 Å². The van der Waals surface area contributed by atoms with Crippen LogP contribution in [0.2, 0.25) is 0 Å². The van der Waals surface area contributed by atoms with Gasteiger partial charge in [0.2, 0.25) is 0 Å². The zero-order valence-electron chi connectivity index (χ0n) is 8.69. The molecule has 1 rings (SSSR count). The van der Waals surface area contributed by atoms with E-state index in [0.29, 0.717) is 5.75 Å². The highest BCUT2D eigenvalue weighted by molar-refractivity contribution is 5.32. The largest absolute Gasteiger partial charge is 0.493 e. The molecule has 0 N–H and O–H groups in total. The molecule has 1 aromatic carbocycles. The van der Waals surface area contributed by atoms with Crippen molar-refractivity contribution in [3.8, 4) is 5.75 Å². The SMILES string of the molecule is Cc1cc(C)cc(OCCC(F)(F)F)c1. The maximum absolute atomic E-state index is 11.8. The molecule has 0 heterocycles. The Bertz CT molecular complexity index is 311. The summed E-state index contributed by atoms with van der Waals surface area (Å²) in [6.07, 6.45) is -5.07. The molecule has 1 aromatic rings. The van der Waals surface area contributed by atoms with Crippen LogP contribution in [0.15, 0.2) is 18.2 Å². The Hall–Kier alpha value is -1.19. The van der Waals surface area contributed by atoms with E-state index in [0.717, 1.165) is 11.1 Å². The summed E-state index contributed by atoms with van der Waals surface area (Å²) >= 11 is 0. The summed E-state index contributed by atoms with van der Waals surface area (Å²) in [4.78, 5) is 0. The average Bonchev–Trinajstić information content (AvgIpc) is 1.99. The monoisotopic (exact) mass is 218 g/mol. The quantitative estimate of drug-likeness (QED) is 0.752. The first-order chi connectivity index (χ1) is 6.87. The summed E-state index contributed by atoms with van der Waals surface area (Å²) < 4.78 is 40.5. The van der Waals surface area contributed by atoms with Gasteiger partial charge >= 0.3 is 6.18 Å². The van der Waals surface area contributed by atoms with E-state index >= 15 is 0 Å². The van der Waals surface area contributed by atoms with Crippen LogP contribution in [0, 0.1) is 13.8 Å². The van der Waals surface area contributed by atoms with Crippen LogP contribution >= 0.6 is 0 Å². The Morgan fingerprint density at radius 2 is 1.60 bits per heavy atom. The first-order valence-corrected chi connectivity index (χ1v) is 4.65. The molecule has 0 aliphatic carbocycles. The topological polar surface area (TPSA) is 9.23 Å². The second kappa shape index (κ2) is 4.55. The lowest BCUT2D eigenvalue weighted by Crippen LogP contribution is -2.13. The van der Waals surface area contributed by atoms with Crippen LogP contribution in [-0.4, -0.2) is 12.8 Å². The highest BCUT2D eigenvalue weighted by Crippen LogP contribution is 2.21. The molecule has 0 radical (unpaired) electrons. The summed E-state index contributed by atoms with van der Waals surface area (Å²) in [7, 11) is 0. The van der Waals surface area contributed by atoms with Crippen molar-refractivity contribution < 1.29 is 17.9 Å². The second-order valence-corrected chi connectivity index (χ2v) is 3.54. The smallest absolute Gasteiger partial charge is 0.392 e. The Labute approximate surface area is 86.9 Å². The molecule has 0 saturated carbocycles. The zero-order chi connectivity index (χ0) is 11.5. The molecule has 0 aliphatic rings. The molecule has 0 amide bonds. The maximum Gasteiger partial charge on any atom is 0.392 e. The van der Waals surface area contributed by atoms with Crippen molar-refractivity contribution in [1.82, 2.24) is 0 Å². The molecule has 84 valence electrons. The molecule has 0 aliphatic heterocycles. The van der Waals surface area contributed by atoms with Crippen LogP contribution in [-0.2, 0) is 0 Å².